The number of aryl methyl sites for hydroxylation is 1. The van der Waals surface area contributed by atoms with Crippen LogP contribution in [0.3, 0.4) is 0 Å². The summed E-state index contributed by atoms with van der Waals surface area (Å²) < 4.78 is 7.89. The number of anilines is 4. The maximum atomic E-state index is 13.4. The molecule has 0 spiro atoms. The highest BCUT2D eigenvalue weighted by atomic mass is 16.5. The fraction of sp³-hybridized carbons (Fsp3) is 0.206. The maximum Gasteiger partial charge on any atom is 0.266 e. The van der Waals surface area contributed by atoms with Gasteiger partial charge in [0, 0.05) is 74.3 Å². The summed E-state index contributed by atoms with van der Waals surface area (Å²) in [6.07, 6.45) is 6.85. The van der Waals surface area contributed by atoms with Gasteiger partial charge >= 0.3 is 0 Å². The first-order chi connectivity index (χ1) is 21.9. The van der Waals surface area contributed by atoms with Crippen LogP contribution in [0.15, 0.2) is 84.8 Å². The molecule has 0 aliphatic carbocycles. The minimum atomic E-state index is -0.538. The summed E-state index contributed by atoms with van der Waals surface area (Å²) in [4.78, 5) is 31.4. The Hall–Kier alpha value is -5.73. The first kappa shape index (κ1) is 29.3. The van der Waals surface area contributed by atoms with Gasteiger partial charge in [-0.05, 0) is 43.5 Å². The molecule has 2 aromatic carbocycles. The number of rotatable bonds is 8. The summed E-state index contributed by atoms with van der Waals surface area (Å²) in [6, 6.07) is 21.1. The molecule has 1 aliphatic rings. The number of carbonyl (C=O) groups excluding carboxylic acids is 1. The van der Waals surface area contributed by atoms with E-state index in [0.29, 0.717) is 28.8 Å². The molecule has 0 bridgehead atoms. The Morgan fingerprint density at radius 3 is 2.53 bits per heavy atom. The molecular formula is C34H33N9O2. The smallest absolute Gasteiger partial charge is 0.266 e. The van der Waals surface area contributed by atoms with Crippen LogP contribution in [-0.2, 0) is 11.8 Å². The molecule has 1 fully saturated rings. The van der Waals surface area contributed by atoms with Crippen molar-refractivity contribution in [2.75, 3.05) is 55.9 Å². The van der Waals surface area contributed by atoms with E-state index >= 15 is 0 Å². The van der Waals surface area contributed by atoms with Crippen LogP contribution in [0.1, 0.15) is 5.69 Å². The predicted octanol–water partition coefficient (Wildman–Crippen LogP) is 5.08. The molecule has 0 radical (unpaired) electrons. The van der Waals surface area contributed by atoms with Gasteiger partial charge in [0.25, 0.3) is 5.91 Å². The van der Waals surface area contributed by atoms with Crippen LogP contribution in [0, 0.1) is 11.3 Å². The molecule has 0 saturated carbocycles. The molecule has 0 atom stereocenters. The van der Waals surface area contributed by atoms with Crippen molar-refractivity contribution in [1.82, 2.24) is 24.4 Å². The number of methoxy groups -OCH3 is 1. The van der Waals surface area contributed by atoms with E-state index in [4.69, 9.17) is 9.72 Å². The lowest BCUT2D eigenvalue weighted by Crippen LogP contribution is -2.44. The number of nitrogens with one attached hydrogen (secondary N) is 2. The zero-order chi connectivity index (χ0) is 31.3. The van der Waals surface area contributed by atoms with Crippen molar-refractivity contribution >= 4 is 45.9 Å². The molecule has 5 aromatic rings. The van der Waals surface area contributed by atoms with Gasteiger partial charge in [-0.2, -0.15) is 5.26 Å². The first-order valence-electron chi connectivity index (χ1n) is 14.6. The third kappa shape index (κ3) is 6.32. The van der Waals surface area contributed by atoms with Crippen molar-refractivity contribution in [3.63, 3.8) is 0 Å². The van der Waals surface area contributed by atoms with Crippen LogP contribution in [0.2, 0.25) is 0 Å². The van der Waals surface area contributed by atoms with Gasteiger partial charge in [0.15, 0.2) is 0 Å². The lowest BCUT2D eigenvalue weighted by Gasteiger charge is -2.35. The monoisotopic (exact) mass is 599 g/mol. The molecule has 45 heavy (non-hydrogen) atoms. The van der Waals surface area contributed by atoms with Crippen LogP contribution in [-0.4, -0.2) is 70.7 Å². The van der Waals surface area contributed by atoms with Crippen molar-refractivity contribution < 1.29 is 9.53 Å². The van der Waals surface area contributed by atoms with Crippen molar-refractivity contribution in [3.8, 4) is 23.1 Å². The molecule has 0 unspecified atom stereocenters. The summed E-state index contributed by atoms with van der Waals surface area (Å²) in [7, 11) is 5.70. The van der Waals surface area contributed by atoms with Gasteiger partial charge in [0.2, 0.25) is 5.95 Å². The van der Waals surface area contributed by atoms with Crippen molar-refractivity contribution in [1.29, 1.82) is 5.26 Å². The molecule has 6 rings (SSSR count). The van der Waals surface area contributed by atoms with Crippen molar-refractivity contribution in [2.24, 2.45) is 7.05 Å². The van der Waals surface area contributed by atoms with Gasteiger partial charge in [0.05, 0.1) is 35.6 Å². The highest BCUT2D eigenvalue weighted by Crippen LogP contribution is 2.39. The number of aromatic nitrogens is 4. The molecule has 3 aromatic heterocycles. The number of para-hydroxylation sites is 1. The van der Waals surface area contributed by atoms with Crippen molar-refractivity contribution in [3.05, 3.63) is 90.5 Å². The average Bonchev–Trinajstić information content (AvgIpc) is 3.41. The Bertz CT molecular complexity index is 1920. The fourth-order valence-corrected chi connectivity index (χ4v) is 5.43. The molecular weight excluding hydrogens is 566 g/mol. The number of nitriles is 1. The Labute approximate surface area is 261 Å². The SMILES string of the molecule is COc1cc(N2CCN(C)CC2)c(NC(=O)C(C#N)=Cc2ccccn2)cc1Nc1nccc(-c2cn(C)c3ccccc23)n1. The zero-order valence-corrected chi connectivity index (χ0v) is 25.4. The van der Waals surface area contributed by atoms with Gasteiger partial charge in [0.1, 0.15) is 17.4 Å². The van der Waals surface area contributed by atoms with Crippen LogP contribution >= 0.6 is 0 Å². The van der Waals surface area contributed by atoms with Crippen LogP contribution in [0.25, 0.3) is 28.2 Å². The second kappa shape index (κ2) is 12.9. The number of ether oxygens (including phenoxy) is 1. The van der Waals surface area contributed by atoms with E-state index in [1.165, 1.54) is 6.08 Å². The first-order valence-corrected chi connectivity index (χ1v) is 14.6. The third-order valence-electron chi connectivity index (χ3n) is 7.83. The Morgan fingerprint density at radius 1 is 0.978 bits per heavy atom. The topological polar surface area (TPSA) is 124 Å². The van der Waals surface area contributed by atoms with E-state index in [9.17, 15) is 10.1 Å². The average molecular weight is 600 g/mol. The van der Waals surface area contributed by atoms with E-state index in [2.05, 4.69) is 60.3 Å². The number of piperazine rings is 1. The summed E-state index contributed by atoms with van der Waals surface area (Å²) in [6.45, 7) is 3.27. The molecule has 1 amide bonds. The van der Waals surface area contributed by atoms with Crippen molar-refractivity contribution in [2.45, 2.75) is 0 Å². The summed E-state index contributed by atoms with van der Waals surface area (Å²) in [5.74, 6) is 0.394. The van der Waals surface area contributed by atoms with Crippen LogP contribution in [0.5, 0.6) is 5.75 Å². The van der Waals surface area contributed by atoms with E-state index in [-0.39, 0.29) is 5.57 Å². The maximum absolute atomic E-state index is 13.4. The summed E-state index contributed by atoms with van der Waals surface area (Å²) in [5.41, 5.74) is 5.21. The van der Waals surface area contributed by atoms with Gasteiger partial charge < -0.3 is 29.7 Å². The molecule has 11 heteroatoms. The minimum Gasteiger partial charge on any atom is -0.494 e. The molecule has 226 valence electrons. The lowest BCUT2D eigenvalue weighted by molar-refractivity contribution is -0.112. The Kier molecular flexibility index (Phi) is 8.39. The van der Waals surface area contributed by atoms with Gasteiger partial charge in [-0.15, -0.1) is 0 Å². The van der Waals surface area contributed by atoms with E-state index in [0.717, 1.165) is 54.0 Å². The standard InChI is InChI=1S/C34H33N9O2/c1-41-14-16-43(17-15-41)31-20-32(45-3)29(19-28(31)38-33(44)23(21-35)18-24-8-6-7-12-36-24)40-34-37-13-11-27(39-34)26-22-42(2)30-10-5-4-9-25(26)30/h4-13,18-20,22H,14-17H2,1-3H3,(H,38,44)(H,37,39,40). The number of hydrogen-bond acceptors (Lipinski definition) is 9. The molecule has 11 nitrogen and oxygen atoms in total. The van der Waals surface area contributed by atoms with Crippen LogP contribution in [0.4, 0.5) is 23.0 Å². The van der Waals surface area contributed by atoms with Crippen LogP contribution < -0.4 is 20.3 Å². The predicted molar refractivity (Wildman–Crippen MR) is 176 cm³/mol. The number of nitrogens with zero attached hydrogens (tertiary/aromatic N) is 7. The Morgan fingerprint density at radius 2 is 1.78 bits per heavy atom. The van der Waals surface area contributed by atoms with E-state index < -0.39 is 5.91 Å². The number of likely N-dealkylation sites (N-methyl/N-ethyl adjacent to an activating group) is 1. The zero-order valence-electron chi connectivity index (χ0n) is 25.4. The molecule has 1 aliphatic heterocycles. The molecule has 1 saturated heterocycles. The molecule has 4 heterocycles. The van der Waals surface area contributed by atoms with E-state index in [1.807, 2.05) is 37.4 Å². The number of amides is 1. The second-order valence-corrected chi connectivity index (χ2v) is 10.8. The number of carbonyl (C=O) groups is 1. The quantitative estimate of drug-likeness (QED) is 0.186. The highest BCUT2D eigenvalue weighted by molar-refractivity contribution is 6.11. The van der Waals surface area contributed by atoms with Gasteiger partial charge in [-0.1, -0.05) is 24.3 Å². The number of fused-ring (bicyclic) bond motifs is 1. The number of hydrogen-bond donors (Lipinski definition) is 2. The third-order valence-corrected chi connectivity index (χ3v) is 7.83. The summed E-state index contributed by atoms with van der Waals surface area (Å²) >= 11 is 0. The summed E-state index contributed by atoms with van der Waals surface area (Å²) in [5, 5.41) is 17.2. The highest BCUT2D eigenvalue weighted by Gasteiger charge is 2.23. The number of pyridine rings is 1. The molecule has 2 N–H and O–H groups in total. The van der Waals surface area contributed by atoms with E-state index in [1.54, 1.807) is 43.8 Å². The second-order valence-electron chi connectivity index (χ2n) is 10.8. The largest absolute Gasteiger partial charge is 0.494 e. The Balaban J connectivity index is 1.36. The van der Waals surface area contributed by atoms with Gasteiger partial charge in [-0.3, -0.25) is 9.78 Å². The van der Waals surface area contributed by atoms with Gasteiger partial charge in [-0.25, -0.2) is 9.97 Å². The normalized spacial score (nSPS) is 13.8. The lowest BCUT2D eigenvalue weighted by atomic mass is 10.1. The fourth-order valence-electron chi connectivity index (χ4n) is 5.43. The minimum absolute atomic E-state index is 0.0607. The number of benzene rings is 2.